The summed E-state index contributed by atoms with van der Waals surface area (Å²) in [6.45, 7) is 5.53. The number of H-pyrrole nitrogens is 2. The number of hydrogen-bond acceptors (Lipinski definition) is 6. The van der Waals surface area contributed by atoms with Crippen LogP contribution in [-0.4, -0.2) is 30.2 Å². The number of imidazole rings is 1. The zero-order valence-electron chi connectivity index (χ0n) is 17.8. The number of aliphatic hydroxyl groups is 1. The molecule has 0 saturated carbocycles. The van der Waals surface area contributed by atoms with E-state index < -0.39 is 5.60 Å². The van der Waals surface area contributed by atoms with Gasteiger partial charge in [-0.3, -0.25) is 9.97 Å². The lowest BCUT2D eigenvalue weighted by molar-refractivity contribution is 0.117. The number of rotatable bonds is 4. The zero-order valence-corrected chi connectivity index (χ0v) is 17.8. The van der Waals surface area contributed by atoms with Crippen LogP contribution >= 0.6 is 0 Å². The highest BCUT2D eigenvalue weighted by Crippen LogP contribution is 2.40. The zero-order chi connectivity index (χ0) is 22.5. The first-order valence-electron chi connectivity index (χ1n) is 10.2. The SMILES string of the molecule is Cc1cccc(C(O)(c2ccccn2)c2cc(-c3c(C)noc3C)cc3[nH]c(=O)[nH]c23)n1. The average molecular weight is 427 g/mol. The highest BCUT2D eigenvalue weighted by molar-refractivity contribution is 5.87. The number of benzene rings is 1. The molecule has 0 bridgehead atoms. The second kappa shape index (κ2) is 7.28. The molecular formula is C24H21N5O3. The van der Waals surface area contributed by atoms with E-state index in [2.05, 4.69) is 25.1 Å². The molecule has 32 heavy (non-hydrogen) atoms. The summed E-state index contributed by atoms with van der Waals surface area (Å²) in [5, 5.41) is 16.4. The van der Waals surface area contributed by atoms with Crippen LogP contribution < -0.4 is 5.69 Å². The highest BCUT2D eigenvalue weighted by atomic mass is 16.5. The van der Waals surface area contributed by atoms with Gasteiger partial charge in [-0.1, -0.05) is 17.3 Å². The molecule has 160 valence electrons. The van der Waals surface area contributed by atoms with Gasteiger partial charge in [0.1, 0.15) is 5.76 Å². The number of aromatic nitrogens is 5. The molecule has 0 saturated heterocycles. The van der Waals surface area contributed by atoms with Gasteiger partial charge in [0.25, 0.3) is 0 Å². The predicted octanol–water partition coefficient (Wildman–Crippen LogP) is 3.51. The van der Waals surface area contributed by atoms with Crippen molar-refractivity contribution in [1.82, 2.24) is 25.1 Å². The molecule has 4 aromatic heterocycles. The Morgan fingerprint density at radius 2 is 1.81 bits per heavy atom. The Hall–Kier alpha value is -4.04. The van der Waals surface area contributed by atoms with Crippen molar-refractivity contribution in [3.63, 3.8) is 0 Å². The van der Waals surface area contributed by atoms with Crippen molar-refractivity contribution in [3.05, 3.63) is 99.3 Å². The molecule has 3 N–H and O–H groups in total. The number of pyridine rings is 2. The normalized spacial score (nSPS) is 13.4. The Bertz CT molecular complexity index is 1480. The Kier molecular flexibility index (Phi) is 4.53. The maximum Gasteiger partial charge on any atom is 0.323 e. The summed E-state index contributed by atoms with van der Waals surface area (Å²) >= 11 is 0. The summed E-state index contributed by atoms with van der Waals surface area (Å²) in [5.74, 6) is 0.640. The van der Waals surface area contributed by atoms with Crippen LogP contribution in [0, 0.1) is 20.8 Å². The fourth-order valence-electron chi connectivity index (χ4n) is 4.20. The number of nitrogens with zero attached hydrogens (tertiary/aromatic N) is 3. The summed E-state index contributed by atoms with van der Waals surface area (Å²) in [5.41, 5.74) is 3.15. The summed E-state index contributed by atoms with van der Waals surface area (Å²) in [7, 11) is 0. The lowest BCUT2D eigenvalue weighted by Gasteiger charge is -2.29. The van der Waals surface area contributed by atoms with Gasteiger partial charge in [-0.05, 0) is 62.7 Å². The van der Waals surface area contributed by atoms with Gasteiger partial charge < -0.3 is 19.6 Å². The molecule has 8 heteroatoms. The van der Waals surface area contributed by atoms with Gasteiger partial charge in [0.15, 0.2) is 5.60 Å². The third-order valence-corrected chi connectivity index (χ3v) is 5.63. The van der Waals surface area contributed by atoms with Crippen molar-refractivity contribution in [1.29, 1.82) is 0 Å². The van der Waals surface area contributed by atoms with E-state index in [1.54, 1.807) is 30.5 Å². The first-order valence-corrected chi connectivity index (χ1v) is 10.2. The van der Waals surface area contributed by atoms with E-state index in [1.807, 2.05) is 45.0 Å². The number of hydrogen-bond donors (Lipinski definition) is 3. The number of nitrogens with one attached hydrogen (secondary N) is 2. The molecule has 1 aromatic carbocycles. The van der Waals surface area contributed by atoms with Crippen molar-refractivity contribution in [2.45, 2.75) is 26.4 Å². The number of fused-ring (bicyclic) bond motifs is 1. The molecule has 5 aromatic rings. The van der Waals surface area contributed by atoms with Crippen LogP contribution in [0.25, 0.3) is 22.2 Å². The molecule has 1 atom stereocenters. The number of aromatic amines is 2. The van der Waals surface area contributed by atoms with E-state index in [0.29, 0.717) is 39.4 Å². The Balaban J connectivity index is 1.91. The lowest BCUT2D eigenvalue weighted by Crippen LogP contribution is -2.32. The van der Waals surface area contributed by atoms with Crippen molar-refractivity contribution in [3.8, 4) is 11.1 Å². The molecule has 1 unspecified atom stereocenters. The summed E-state index contributed by atoms with van der Waals surface area (Å²) in [4.78, 5) is 27.0. The van der Waals surface area contributed by atoms with E-state index in [4.69, 9.17) is 4.52 Å². The Labute approximate surface area is 183 Å². The van der Waals surface area contributed by atoms with E-state index >= 15 is 0 Å². The van der Waals surface area contributed by atoms with E-state index in [-0.39, 0.29) is 5.69 Å². The molecule has 8 nitrogen and oxygen atoms in total. The maximum atomic E-state index is 12.3. The van der Waals surface area contributed by atoms with Crippen LogP contribution in [0.3, 0.4) is 0 Å². The fraction of sp³-hybridized carbons (Fsp3) is 0.167. The number of aryl methyl sites for hydroxylation is 3. The van der Waals surface area contributed by atoms with Crippen LogP contribution in [-0.2, 0) is 5.60 Å². The molecule has 0 aliphatic carbocycles. The van der Waals surface area contributed by atoms with Crippen LogP contribution in [0.2, 0.25) is 0 Å². The molecule has 4 heterocycles. The summed E-state index contributed by atoms with van der Waals surface area (Å²) in [6.07, 6.45) is 1.62. The molecule has 0 fully saturated rings. The van der Waals surface area contributed by atoms with Crippen molar-refractivity contribution >= 4 is 11.0 Å². The third-order valence-electron chi connectivity index (χ3n) is 5.63. The Morgan fingerprint density at radius 1 is 1.00 bits per heavy atom. The maximum absolute atomic E-state index is 12.3. The lowest BCUT2D eigenvalue weighted by atomic mass is 9.83. The van der Waals surface area contributed by atoms with E-state index in [0.717, 1.165) is 16.8 Å². The molecule has 5 rings (SSSR count). The highest BCUT2D eigenvalue weighted by Gasteiger charge is 2.39. The topological polar surface area (TPSA) is 121 Å². The minimum absolute atomic E-state index is 0.377. The smallest absolute Gasteiger partial charge is 0.323 e. The van der Waals surface area contributed by atoms with Gasteiger partial charge in [0, 0.05) is 23.0 Å². The molecule has 0 amide bonds. The quantitative estimate of drug-likeness (QED) is 0.404. The van der Waals surface area contributed by atoms with Gasteiger partial charge in [-0.15, -0.1) is 0 Å². The van der Waals surface area contributed by atoms with Gasteiger partial charge in [-0.2, -0.15) is 0 Å². The second-order valence-electron chi connectivity index (χ2n) is 7.81. The summed E-state index contributed by atoms with van der Waals surface area (Å²) in [6, 6.07) is 14.4. The largest absolute Gasteiger partial charge is 0.373 e. The fourth-order valence-corrected chi connectivity index (χ4v) is 4.20. The van der Waals surface area contributed by atoms with Crippen molar-refractivity contribution in [2.75, 3.05) is 0 Å². The van der Waals surface area contributed by atoms with Crippen molar-refractivity contribution < 1.29 is 9.63 Å². The molecule has 0 aliphatic heterocycles. The first-order chi connectivity index (χ1) is 15.4. The van der Waals surface area contributed by atoms with Crippen molar-refractivity contribution in [2.24, 2.45) is 0 Å². The van der Waals surface area contributed by atoms with E-state index in [9.17, 15) is 9.90 Å². The predicted molar refractivity (Wildman–Crippen MR) is 119 cm³/mol. The molecule has 0 spiro atoms. The van der Waals surface area contributed by atoms with Crippen LogP contribution in [0.1, 0.15) is 34.1 Å². The van der Waals surface area contributed by atoms with Gasteiger partial charge in [0.2, 0.25) is 0 Å². The van der Waals surface area contributed by atoms with E-state index in [1.165, 1.54) is 0 Å². The van der Waals surface area contributed by atoms with Crippen LogP contribution in [0.5, 0.6) is 0 Å². The van der Waals surface area contributed by atoms with Gasteiger partial charge in [-0.25, -0.2) is 4.79 Å². The first kappa shape index (κ1) is 19.9. The molecular weight excluding hydrogens is 406 g/mol. The molecule has 0 radical (unpaired) electrons. The second-order valence-corrected chi connectivity index (χ2v) is 7.81. The average Bonchev–Trinajstić information content (AvgIpc) is 3.33. The summed E-state index contributed by atoms with van der Waals surface area (Å²) < 4.78 is 5.36. The Morgan fingerprint density at radius 3 is 2.50 bits per heavy atom. The van der Waals surface area contributed by atoms with Crippen LogP contribution in [0.4, 0.5) is 0 Å². The van der Waals surface area contributed by atoms with Gasteiger partial charge >= 0.3 is 5.69 Å². The minimum atomic E-state index is -1.73. The monoisotopic (exact) mass is 427 g/mol. The van der Waals surface area contributed by atoms with Gasteiger partial charge in [0.05, 0.1) is 28.1 Å². The minimum Gasteiger partial charge on any atom is -0.373 e. The standard InChI is InChI=1S/C24H21N5O3/c1-13-7-6-9-20(26-13)24(31,19-8-4-5-10-25-19)17-11-16(21-14(2)29-32-15(21)3)12-18-22(17)28-23(30)27-18/h4-12,31H,1-3H3,(H2,27,28,30). The van der Waals surface area contributed by atoms with Crippen LogP contribution in [0.15, 0.2) is 64.0 Å². The third kappa shape index (κ3) is 3.04. The molecule has 0 aliphatic rings.